The molecule has 0 radical (unpaired) electrons. The molecular weight excluding hydrogens is 224 g/mol. The van der Waals surface area contributed by atoms with Crippen molar-refractivity contribution in [3.05, 3.63) is 0 Å². The zero-order valence-electron chi connectivity index (χ0n) is 13.5. The first-order valence-corrected chi connectivity index (χ1v) is 9.44. The summed E-state index contributed by atoms with van der Waals surface area (Å²) >= 11 is 0. The molecule has 0 N–H and O–H groups in total. The summed E-state index contributed by atoms with van der Waals surface area (Å²) in [6.07, 6.45) is 0. The molecule has 0 aromatic rings. The van der Waals surface area contributed by atoms with Crippen molar-refractivity contribution >= 4 is 8.32 Å². The Kier molecular flexibility index (Phi) is 7.01. The molecule has 0 aromatic heterocycles. The van der Waals surface area contributed by atoms with Gasteiger partial charge in [-0.25, -0.2) is 0 Å². The fourth-order valence-corrected chi connectivity index (χ4v) is 8.52. The highest BCUT2D eigenvalue weighted by molar-refractivity contribution is 6.77. The van der Waals surface area contributed by atoms with Gasteiger partial charge in [-0.15, -0.1) is 0 Å². The van der Waals surface area contributed by atoms with E-state index in [2.05, 4.69) is 62.3 Å². The average molecular weight is 259 g/mol. The molecule has 104 valence electrons. The average Bonchev–Trinajstić information content (AvgIpc) is 2.16. The maximum Gasteiger partial charge on any atom is 0.200 e. The third kappa shape index (κ3) is 4.10. The van der Waals surface area contributed by atoms with Gasteiger partial charge in [-0.3, -0.25) is 0 Å². The van der Waals surface area contributed by atoms with Crippen LogP contribution in [0, 0.1) is 11.8 Å². The highest BCUT2D eigenvalue weighted by Crippen LogP contribution is 2.42. The molecule has 2 heteroatoms. The SMILES string of the molecule is CC(C)[C@@H](C)CO[Si](C(C)C)(C(C)C)C(C)C. The van der Waals surface area contributed by atoms with Crippen LogP contribution in [0.4, 0.5) is 0 Å². The summed E-state index contributed by atoms with van der Waals surface area (Å²) < 4.78 is 6.58. The minimum atomic E-state index is -1.64. The number of rotatable bonds is 7. The molecular formula is C15H34OSi. The second-order valence-corrected chi connectivity index (χ2v) is 12.3. The van der Waals surface area contributed by atoms with Crippen LogP contribution in [0.1, 0.15) is 62.3 Å². The Hall–Kier alpha value is 0.177. The summed E-state index contributed by atoms with van der Waals surface area (Å²) in [5, 5.41) is 0. The van der Waals surface area contributed by atoms with Crippen molar-refractivity contribution in [2.24, 2.45) is 11.8 Å². The van der Waals surface area contributed by atoms with Gasteiger partial charge in [-0.05, 0) is 28.5 Å². The standard InChI is InChI=1S/C15H34OSi/c1-11(2)15(9)10-16-17(12(3)4,13(5)6)14(7)8/h11-15H,10H2,1-9H3/t15-/m0/s1. The van der Waals surface area contributed by atoms with E-state index in [1.54, 1.807) is 0 Å². The topological polar surface area (TPSA) is 9.23 Å². The number of hydrogen-bond acceptors (Lipinski definition) is 1. The third-order valence-corrected chi connectivity index (χ3v) is 10.5. The van der Waals surface area contributed by atoms with Crippen molar-refractivity contribution in [3.63, 3.8) is 0 Å². The molecule has 0 heterocycles. The van der Waals surface area contributed by atoms with Gasteiger partial charge in [0.25, 0.3) is 0 Å². The molecule has 1 nitrogen and oxygen atoms in total. The van der Waals surface area contributed by atoms with Crippen molar-refractivity contribution in [3.8, 4) is 0 Å². The molecule has 0 rings (SSSR count). The maximum atomic E-state index is 6.58. The first-order valence-electron chi connectivity index (χ1n) is 7.30. The summed E-state index contributed by atoms with van der Waals surface area (Å²) in [6.45, 7) is 22.0. The quantitative estimate of drug-likeness (QED) is 0.550. The van der Waals surface area contributed by atoms with Crippen molar-refractivity contribution in [2.75, 3.05) is 6.61 Å². The Morgan fingerprint density at radius 3 is 1.29 bits per heavy atom. The van der Waals surface area contributed by atoms with E-state index in [-0.39, 0.29) is 0 Å². The molecule has 0 bridgehead atoms. The van der Waals surface area contributed by atoms with E-state index >= 15 is 0 Å². The molecule has 0 amide bonds. The van der Waals surface area contributed by atoms with Crippen LogP contribution in [-0.4, -0.2) is 14.9 Å². The lowest BCUT2D eigenvalue weighted by Gasteiger charge is -2.43. The van der Waals surface area contributed by atoms with Crippen LogP contribution in [0.3, 0.4) is 0 Å². The molecule has 0 saturated carbocycles. The zero-order valence-corrected chi connectivity index (χ0v) is 14.5. The molecule has 1 atom stereocenters. The van der Waals surface area contributed by atoms with Crippen LogP contribution in [-0.2, 0) is 4.43 Å². The number of hydrogen-bond donors (Lipinski definition) is 0. The van der Waals surface area contributed by atoms with Crippen LogP contribution in [0.25, 0.3) is 0 Å². The van der Waals surface area contributed by atoms with E-state index in [0.29, 0.717) is 28.5 Å². The Balaban J connectivity index is 4.82. The van der Waals surface area contributed by atoms with Gasteiger partial charge in [0, 0.05) is 6.61 Å². The predicted octanol–water partition coefficient (Wildman–Crippen LogP) is 5.47. The Bertz CT molecular complexity index is 187. The minimum absolute atomic E-state index is 0.665. The second-order valence-electron chi connectivity index (χ2n) is 6.85. The smallest absolute Gasteiger partial charge is 0.200 e. The van der Waals surface area contributed by atoms with Gasteiger partial charge in [-0.2, -0.15) is 0 Å². The Labute approximate surface area is 110 Å². The predicted molar refractivity (Wildman–Crippen MR) is 81.0 cm³/mol. The van der Waals surface area contributed by atoms with Crippen molar-refractivity contribution in [1.29, 1.82) is 0 Å². The van der Waals surface area contributed by atoms with Gasteiger partial charge in [-0.1, -0.05) is 62.3 Å². The molecule has 0 aliphatic rings. The third-order valence-electron chi connectivity index (χ3n) is 4.44. The van der Waals surface area contributed by atoms with Gasteiger partial charge in [0.05, 0.1) is 0 Å². The van der Waals surface area contributed by atoms with Crippen molar-refractivity contribution < 1.29 is 4.43 Å². The molecule has 0 saturated heterocycles. The van der Waals surface area contributed by atoms with Gasteiger partial charge in [0.1, 0.15) is 0 Å². The first kappa shape index (κ1) is 17.2. The van der Waals surface area contributed by atoms with E-state index in [1.807, 2.05) is 0 Å². The molecule has 0 aromatic carbocycles. The molecule has 0 spiro atoms. The summed E-state index contributed by atoms with van der Waals surface area (Å²) in [4.78, 5) is 0. The van der Waals surface area contributed by atoms with Crippen LogP contribution in [0.15, 0.2) is 0 Å². The van der Waals surface area contributed by atoms with Crippen LogP contribution < -0.4 is 0 Å². The monoisotopic (exact) mass is 258 g/mol. The summed E-state index contributed by atoms with van der Waals surface area (Å²) in [5.41, 5.74) is 2.09. The van der Waals surface area contributed by atoms with E-state index in [4.69, 9.17) is 4.43 Å². The van der Waals surface area contributed by atoms with Gasteiger partial charge in [0.2, 0.25) is 0 Å². The normalized spacial score (nSPS) is 15.4. The van der Waals surface area contributed by atoms with E-state index in [1.165, 1.54) is 0 Å². The maximum absolute atomic E-state index is 6.58. The lowest BCUT2D eigenvalue weighted by molar-refractivity contribution is 0.199. The van der Waals surface area contributed by atoms with Crippen LogP contribution >= 0.6 is 0 Å². The Morgan fingerprint density at radius 2 is 1.06 bits per heavy atom. The van der Waals surface area contributed by atoms with E-state index in [0.717, 1.165) is 6.61 Å². The van der Waals surface area contributed by atoms with Gasteiger partial charge < -0.3 is 4.43 Å². The second kappa shape index (κ2) is 6.94. The molecule has 0 fully saturated rings. The summed E-state index contributed by atoms with van der Waals surface area (Å²) in [5.74, 6) is 1.38. The molecule has 17 heavy (non-hydrogen) atoms. The zero-order chi connectivity index (χ0) is 13.8. The lowest BCUT2D eigenvalue weighted by Crippen LogP contribution is -2.48. The largest absolute Gasteiger partial charge is 0.416 e. The van der Waals surface area contributed by atoms with Gasteiger partial charge in [0.15, 0.2) is 8.32 Å². The lowest BCUT2D eigenvalue weighted by atomic mass is 10.00. The van der Waals surface area contributed by atoms with Crippen LogP contribution in [0.5, 0.6) is 0 Å². The molecule has 0 aliphatic heterocycles. The molecule has 0 unspecified atom stereocenters. The van der Waals surface area contributed by atoms with Gasteiger partial charge >= 0.3 is 0 Å². The Morgan fingerprint density at radius 1 is 0.706 bits per heavy atom. The highest BCUT2D eigenvalue weighted by atomic mass is 28.4. The fraction of sp³-hybridized carbons (Fsp3) is 1.00. The van der Waals surface area contributed by atoms with E-state index < -0.39 is 8.32 Å². The highest BCUT2D eigenvalue weighted by Gasteiger charge is 2.45. The fourth-order valence-electron chi connectivity index (χ4n) is 2.97. The van der Waals surface area contributed by atoms with Crippen LogP contribution in [0.2, 0.25) is 16.6 Å². The van der Waals surface area contributed by atoms with Crippen molar-refractivity contribution in [1.82, 2.24) is 0 Å². The van der Waals surface area contributed by atoms with Crippen molar-refractivity contribution in [2.45, 2.75) is 78.9 Å². The minimum Gasteiger partial charge on any atom is -0.416 e. The summed E-state index contributed by atoms with van der Waals surface area (Å²) in [6, 6.07) is 0. The summed E-state index contributed by atoms with van der Waals surface area (Å²) in [7, 11) is -1.64. The van der Waals surface area contributed by atoms with E-state index in [9.17, 15) is 0 Å². The molecule has 0 aliphatic carbocycles. The first-order chi connectivity index (χ1) is 7.66.